The molecule has 0 saturated carbocycles. The second-order valence-electron chi connectivity index (χ2n) is 0.519. The molecule has 0 aliphatic rings. The van der Waals surface area contributed by atoms with Crippen molar-refractivity contribution in [1.82, 2.24) is 0 Å². The molecule has 0 atom stereocenters. The van der Waals surface area contributed by atoms with E-state index < -0.39 is 5.97 Å². The van der Waals surface area contributed by atoms with Gasteiger partial charge in [0, 0.05) is 24.0 Å². The average Bonchev–Trinajstić information content (AvgIpc) is 0.811. The quantitative estimate of drug-likeness (QED) is 0.467. The Morgan fingerprint density at radius 3 is 1.67 bits per heavy atom. The molecule has 2 nitrogen and oxygen atoms in total. The maximum absolute atomic E-state index is 9.00. The van der Waals surface area contributed by atoms with Gasteiger partial charge in [-0.15, -0.1) is 0 Å². The van der Waals surface area contributed by atoms with Gasteiger partial charge in [0.25, 0.3) is 5.97 Å². The molecule has 0 rings (SSSR count). The number of hydrogen-bond donors (Lipinski definition) is 1. The first-order valence-corrected chi connectivity index (χ1v) is 0.928. The van der Waals surface area contributed by atoms with Crippen molar-refractivity contribution in [3.8, 4) is 0 Å². The normalized spacial score (nSPS) is 4.17. The van der Waals surface area contributed by atoms with E-state index in [1.165, 1.54) is 0 Å². The Balaban J connectivity index is -0.0000000450. The zero-order chi connectivity index (χ0) is 3.58. The molecule has 0 heterocycles. The Morgan fingerprint density at radius 2 is 1.67 bits per heavy atom. The molecule has 0 amide bonds. The third-order valence-electron chi connectivity index (χ3n) is 0. The van der Waals surface area contributed by atoms with Gasteiger partial charge in [-0.3, -0.25) is 4.79 Å². The van der Waals surface area contributed by atoms with E-state index in [1.54, 1.807) is 0 Å². The molecule has 0 aromatic heterocycles. The Hall–Kier alpha value is 0.989. The third kappa shape index (κ3) is 81.1. The Kier molecular flexibility index (Phi) is 24.6. The fourth-order valence-corrected chi connectivity index (χ4v) is 0. The fraction of sp³-hybridized carbons (Fsp3) is 0.500. The van der Waals surface area contributed by atoms with Gasteiger partial charge in [-0.25, -0.2) is 0 Å². The van der Waals surface area contributed by atoms with Crippen LogP contribution in [0.5, 0.6) is 0 Å². The van der Waals surface area contributed by atoms with E-state index in [0.717, 1.165) is 6.92 Å². The summed E-state index contributed by atoms with van der Waals surface area (Å²) in [5.41, 5.74) is 0. The van der Waals surface area contributed by atoms with Gasteiger partial charge in [-0.1, -0.05) is 0 Å². The van der Waals surface area contributed by atoms with Crippen molar-refractivity contribution in [2.45, 2.75) is 6.92 Å². The van der Waals surface area contributed by atoms with Gasteiger partial charge in [-0.05, 0) is 0 Å². The molecule has 0 unspecified atom stereocenters. The van der Waals surface area contributed by atoms with Crippen LogP contribution in [-0.2, 0) is 21.9 Å². The van der Waals surface area contributed by atoms with Gasteiger partial charge in [0.2, 0.25) is 0 Å². The van der Waals surface area contributed by atoms with Crippen molar-refractivity contribution in [1.29, 1.82) is 0 Å². The zero-order valence-electron chi connectivity index (χ0n) is 2.66. The summed E-state index contributed by atoms with van der Waals surface area (Å²) in [6.45, 7) is 1.08. The summed E-state index contributed by atoms with van der Waals surface area (Å²) in [6.07, 6.45) is 0. The molecule has 0 saturated heterocycles. The predicted octanol–water partition coefficient (Wildman–Crippen LogP) is -0.560. The topological polar surface area (TPSA) is 37.3 Å². The first kappa shape index (κ1) is 15.8. The summed E-state index contributed by atoms with van der Waals surface area (Å²) in [5, 5.41) is 7.42. The molecule has 0 fully saturated rings. The van der Waals surface area contributed by atoms with E-state index in [2.05, 4.69) is 0 Å². The Bertz CT molecular complexity index is 34.5. The van der Waals surface area contributed by atoms with E-state index in [9.17, 15) is 0 Å². The van der Waals surface area contributed by atoms with E-state index in [-0.39, 0.29) is 46.6 Å². The molecule has 0 aromatic rings. The number of carboxylic acids is 1. The first-order chi connectivity index (χ1) is 1.73. The van der Waals surface area contributed by atoms with Crippen LogP contribution in [0.15, 0.2) is 0 Å². The van der Waals surface area contributed by atoms with Crippen molar-refractivity contribution in [3.63, 3.8) is 0 Å². The van der Waals surface area contributed by atoms with Gasteiger partial charge >= 0.3 is 29.6 Å². The monoisotopic (exact) mass is 147 g/mol. The fourth-order valence-electron chi connectivity index (χ4n) is 0. The van der Waals surface area contributed by atoms with Crippen LogP contribution in [0.2, 0.25) is 0 Å². The van der Waals surface area contributed by atoms with Crippen LogP contribution in [0.1, 0.15) is 6.92 Å². The molecule has 0 spiro atoms. The molecule has 4 heteroatoms. The van der Waals surface area contributed by atoms with Crippen LogP contribution in [-0.4, -0.2) is 40.6 Å². The Labute approximate surface area is 69.1 Å². The van der Waals surface area contributed by atoms with Crippen molar-refractivity contribution >= 4 is 35.5 Å². The van der Waals surface area contributed by atoms with Crippen molar-refractivity contribution in [2.75, 3.05) is 0 Å². The maximum atomic E-state index is 9.00. The summed E-state index contributed by atoms with van der Waals surface area (Å²) in [4.78, 5) is 9.00. The van der Waals surface area contributed by atoms with Crippen LogP contribution in [0, 0.1) is 0 Å². The van der Waals surface area contributed by atoms with E-state index in [4.69, 9.17) is 9.90 Å². The van der Waals surface area contributed by atoms with E-state index in [1.807, 2.05) is 0 Å². The molecule has 6 heavy (non-hydrogen) atoms. The predicted molar refractivity (Wildman–Crippen MR) is 20.5 cm³/mol. The summed E-state index contributed by atoms with van der Waals surface area (Å²) in [7, 11) is 0. The molecular formula is C2H5CuNaO2. The first-order valence-electron chi connectivity index (χ1n) is 0.928. The number of rotatable bonds is 0. The average molecular weight is 148 g/mol. The van der Waals surface area contributed by atoms with Crippen LogP contribution in [0.4, 0.5) is 0 Å². The number of carbonyl (C=O) groups is 1. The molecule has 1 N–H and O–H groups in total. The van der Waals surface area contributed by atoms with Gasteiger partial charge in [-0.2, -0.15) is 0 Å². The number of aliphatic carboxylic acids is 1. The SMILES string of the molecule is CC(=O)O.[Cu].[NaH]. The second kappa shape index (κ2) is 9.37. The molecule has 37 valence electrons. The summed E-state index contributed by atoms with van der Waals surface area (Å²) >= 11 is 0. The molecule has 0 aliphatic carbocycles. The van der Waals surface area contributed by atoms with Gasteiger partial charge in [0.05, 0.1) is 0 Å². The molecule has 0 aromatic carbocycles. The van der Waals surface area contributed by atoms with Crippen LogP contribution in [0.3, 0.4) is 0 Å². The molecule has 0 aliphatic heterocycles. The zero-order valence-corrected chi connectivity index (χ0v) is 3.60. The van der Waals surface area contributed by atoms with Gasteiger partial charge in [0.15, 0.2) is 0 Å². The van der Waals surface area contributed by atoms with Crippen molar-refractivity contribution < 1.29 is 27.0 Å². The summed E-state index contributed by atoms with van der Waals surface area (Å²) in [5.74, 6) is -0.833. The van der Waals surface area contributed by atoms with Gasteiger partial charge in [0.1, 0.15) is 0 Å². The Morgan fingerprint density at radius 1 is 1.67 bits per heavy atom. The third-order valence-corrected chi connectivity index (χ3v) is 0. The van der Waals surface area contributed by atoms with E-state index >= 15 is 0 Å². The minimum absolute atomic E-state index is 0. The number of hydrogen-bond acceptors (Lipinski definition) is 1. The van der Waals surface area contributed by atoms with E-state index in [0.29, 0.717) is 0 Å². The van der Waals surface area contributed by atoms with Crippen molar-refractivity contribution in [2.24, 2.45) is 0 Å². The van der Waals surface area contributed by atoms with Gasteiger partial charge < -0.3 is 5.11 Å². The van der Waals surface area contributed by atoms with Crippen LogP contribution < -0.4 is 0 Å². The second-order valence-corrected chi connectivity index (χ2v) is 0.519. The summed E-state index contributed by atoms with van der Waals surface area (Å²) in [6, 6.07) is 0. The number of carboxylic acid groups (broad SMARTS) is 1. The molecule has 0 bridgehead atoms. The van der Waals surface area contributed by atoms with Crippen LogP contribution >= 0.6 is 0 Å². The standard InChI is InChI=1S/C2H4O2.Cu.Na.H/c1-2(3)4;;;/h1H3,(H,3,4);;;. The van der Waals surface area contributed by atoms with Crippen LogP contribution in [0.25, 0.3) is 0 Å². The summed E-state index contributed by atoms with van der Waals surface area (Å²) < 4.78 is 0. The van der Waals surface area contributed by atoms with Crippen molar-refractivity contribution in [3.05, 3.63) is 0 Å². The molecular weight excluding hydrogens is 143 g/mol. The minimum atomic E-state index is -0.833. The molecule has 1 radical (unpaired) electrons.